The highest BCUT2D eigenvalue weighted by Gasteiger charge is 2.11. The zero-order chi connectivity index (χ0) is 15.8. The first-order valence-electron chi connectivity index (χ1n) is 7.06. The molecular weight excluding hydrogens is 278 g/mol. The fourth-order valence-corrected chi connectivity index (χ4v) is 1.84. The summed E-state index contributed by atoms with van der Waals surface area (Å²) in [5, 5.41) is 21.8. The Morgan fingerprint density at radius 2 is 2.27 bits per heavy atom. The maximum absolute atomic E-state index is 11.9. The van der Waals surface area contributed by atoms with E-state index in [1.165, 1.54) is 6.34 Å². The van der Waals surface area contributed by atoms with E-state index < -0.39 is 0 Å². The van der Waals surface area contributed by atoms with Crippen molar-refractivity contribution < 1.29 is 4.86 Å². The highest BCUT2D eigenvalue weighted by molar-refractivity contribution is 5.69. The van der Waals surface area contributed by atoms with Gasteiger partial charge in [0.1, 0.15) is 0 Å². The summed E-state index contributed by atoms with van der Waals surface area (Å²) in [7, 11) is 0. The largest absolute Gasteiger partial charge is 0.594 e. The second kappa shape index (κ2) is 7.78. The van der Waals surface area contributed by atoms with Crippen LogP contribution in [0.2, 0.25) is 0 Å². The minimum atomic E-state index is 0.268. The lowest BCUT2D eigenvalue weighted by molar-refractivity contribution is -0.422. The average molecular weight is 297 g/mol. The van der Waals surface area contributed by atoms with E-state index in [1.54, 1.807) is 12.4 Å². The van der Waals surface area contributed by atoms with Crippen LogP contribution in [0, 0.1) is 5.21 Å². The third-order valence-corrected chi connectivity index (χ3v) is 2.97. The molecule has 1 heterocycles. The maximum atomic E-state index is 11.9. The molecule has 114 valence electrons. The van der Waals surface area contributed by atoms with E-state index in [1.807, 2.05) is 37.4 Å². The van der Waals surface area contributed by atoms with Crippen LogP contribution < -0.4 is 10.6 Å². The first-order valence-corrected chi connectivity index (χ1v) is 7.06. The summed E-state index contributed by atoms with van der Waals surface area (Å²) in [6, 6.07) is 7.52. The Morgan fingerprint density at radius 3 is 3.00 bits per heavy atom. The topological polar surface area (TPSA) is 74.8 Å². The molecule has 0 saturated carbocycles. The smallest absolute Gasteiger partial charge is 0.245 e. The SMILES string of the molecule is C=C(c1cccc(C2=CNC=CN2)c1)[N+]([O-])=NC=NCCC. The van der Waals surface area contributed by atoms with Gasteiger partial charge in [0.25, 0.3) is 0 Å². The van der Waals surface area contributed by atoms with E-state index in [9.17, 15) is 5.21 Å². The van der Waals surface area contributed by atoms with Crippen molar-refractivity contribution in [3.05, 3.63) is 65.8 Å². The fourth-order valence-electron chi connectivity index (χ4n) is 1.84. The molecule has 0 amide bonds. The van der Waals surface area contributed by atoms with Crippen molar-refractivity contribution in [3.8, 4) is 0 Å². The summed E-state index contributed by atoms with van der Waals surface area (Å²) >= 11 is 0. The lowest BCUT2D eigenvalue weighted by atomic mass is 10.1. The van der Waals surface area contributed by atoms with Gasteiger partial charge < -0.3 is 15.8 Å². The number of hydrogen-bond donors (Lipinski definition) is 2. The fraction of sp³-hybridized carbons (Fsp3) is 0.188. The van der Waals surface area contributed by atoms with Crippen LogP contribution in [0.3, 0.4) is 0 Å². The third-order valence-electron chi connectivity index (χ3n) is 2.97. The molecule has 0 bridgehead atoms. The van der Waals surface area contributed by atoms with Crippen molar-refractivity contribution in [2.75, 3.05) is 6.54 Å². The summed E-state index contributed by atoms with van der Waals surface area (Å²) in [6.45, 7) is 6.46. The molecule has 0 unspecified atom stereocenters. The van der Waals surface area contributed by atoms with E-state index in [-0.39, 0.29) is 5.70 Å². The third kappa shape index (κ3) is 4.05. The van der Waals surface area contributed by atoms with Crippen LogP contribution >= 0.6 is 0 Å². The van der Waals surface area contributed by atoms with Gasteiger partial charge in [0.15, 0.2) is 6.34 Å². The number of aliphatic imine (C=N–C) groups is 1. The lowest BCUT2D eigenvalue weighted by Gasteiger charge is -2.12. The van der Waals surface area contributed by atoms with Crippen molar-refractivity contribution in [1.82, 2.24) is 10.6 Å². The summed E-state index contributed by atoms with van der Waals surface area (Å²) < 4.78 is 0. The molecule has 0 radical (unpaired) electrons. The van der Waals surface area contributed by atoms with E-state index >= 15 is 0 Å². The first-order chi connectivity index (χ1) is 10.7. The predicted molar refractivity (Wildman–Crippen MR) is 88.6 cm³/mol. The number of hydroxylamine groups is 1. The van der Waals surface area contributed by atoms with Gasteiger partial charge in [-0.15, -0.1) is 0 Å². The number of azo groups is 1. The minimum absolute atomic E-state index is 0.268. The molecule has 6 heteroatoms. The summed E-state index contributed by atoms with van der Waals surface area (Å²) in [5.41, 5.74) is 2.83. The summed E-state index contributed by atoms with van der Waals surface area (Å²) in [5.74, 6) is 0. The average Bonchev–Trinajstić information content (AvgIpc) is 2.59. The molecule has 2 rings (SSSR count). The molecule has 1 aromatic carbocycles. The lowest BCUT2D eigenvalue weighted by Crippen LogP contribution is -2.13. The van der Waals surface area contributed by atoms with Crippen LogP contribution in [-0.2, 0) is 0 Å². The standard InChI is InChI=1S/C16H19N5O/c1-3-7-18-12-20-21(22)13(2)14-5-4-6-15(10-14)16-11-17-8-9-19-16/h4-6,8-12,17,19H,2-3,7H2,1H3. The van der Waals surface area contributed by atoms with Crippen LogP contribution in [0.5, 0.6) is 0 Å². The van der Waals surface area contributed by atoms with E-state index in [0.717, 1.165) is 17.7 Å². The van der Waals surface area contributed by atoms with Gasteiger partial charge in [-0.25, -0.2) is 0 Å². The molecule has 0 atom stereocenters. The molecule has 1 aliphatic heterocycles. The molecule has 0 spiro atoms. The van der Waals surface area contributed by atoms with E-state index in [0.29, 0.717) is 17.0 Å². The van der Waals surface area contributed by atoms with Gasteiger partial charge in [0, 0.05) is 35.8 Å². The Bertz CT molecular complexity index is 658. The monoisotopic (exact) mass is 297 g/mol. The molecule has 0 aliphatic carbocycles. The Morgan fingerprint density at radius 1 is 1.41 bits per heavy atom. The number of nitrogens with one attached hydrogen (secondary N) is 2. The highest BCUT2D eigenvalue weighted by atomic mass is 16.5. The van der Waals surface area contributed by atoms with E-state index in [4.69, 9.17) is 0 Å². The van der Waals surface area contributed by atoms with Crippen LogP contribution in [0.15, 0.2) is 59.6 Å². The molecule has 2 N–H and O–H groups in total. The van der Waals surface area contributed by atoms with Crippen molar-refractivity contribution in [2.24, 2.45) is 10.1 Å². The predicted octanol–water partition coefficient (Wildman–Crippen LogP) is 3.02. The summed E-state index contributed by atoms with van der Waals surface area (Å²) in [6.07, 6.45) is 7.62. The van der Waals surface area contributed by atoms with Gasteiger partial charge in [-0.1, -0.05) is 19.1 Å². The zero-order valence-electron chi connectivity index (χ0n) is 12.5. The molecule has 0 saturated heterocycles. The number of nitrogens with zero attached hydrogens (tertiary/aromatic N) is 3. The normalized spacial score (nSPS) is 14.4. The molecule has 1 aliphatic rings. The molecule has 22 heavy (non-hydrogen) atoms. The first kappa shape index (κ1) is 15.5. The number of rotatable bonds is 6. The van der Waals surface area contributed by atoms with Crippen molar-refractivity contribution >= 4 is 17.7 Å². The van der Waals surface area contributed by atoms with E-state index in [2.05, 4.69) is 27.3 Å². The van der Waals surface area contributed by atoms with Crippen LogP contribution in [0.1, 0.15) is 24.5 Å². The highest BCUT2D eigenvalue weighted by Crippen LogP contribution is 2.19. The Hall–Kier alpha value is -2.89. The number of hydrogen-bond acceptors (Lipinski definition) is 4. The quantitative estimate of drug-likeness (QED) is 0.279. The molecular formula is C16H19N5O. The Balaban J connectivity index is 2.15. The van der Waals surface area contributed by atoms with Gasteiger partial charge in [0.2, 0.25) is 5.70 Å². The molecule has 6 nitrogen and oxygen atoms in total. The molecule has 0 aromatic heterocycles. The van der Waals surface area contributed by atoms with Crippen molar-refractivity contribution in [3.63, 3.8) is 0 Å². The zero-order valence-corrected chi connectivity index (χ0v) is 12.5. The van der Waals surface area contributed by atoms with Gasteiger partial charge in [-0.3, -0.25) is 4.99 Å². The van der Waals surface area contributed by atoms with Gasteiger partial charge >= 0.3 is 0 Å². The second-order valence-corrected chi connectivity index (χ2v) is 4.64. The van der Waals surface area contributed by atoms with Crippen molar-refractivity contribution in [1.29, 1.82) is 0 Å². The van der Waals surface area contributed by atoms with Gasteiger partial charge in [-0.2, -0.15) is 0 Å². The van der Waals surface area contributed by atoms with Crippen LogP contribution in [0.25, 0.3) is 11.4 Å². The van der Waals surface area contributed by atoms with Gasteiger partial charge in [0.05, 0.1) is 11.3 Å². The van der Waals surface area contributed by atoms with Crippen LogP contribution in [-0.4, -0.2) is 17.7 Å². The second-order valence-electron chi connectivity index (χ2n) is 4.64. The van der Waals surface area contributed by atoms with Crippen LogP contribution in [0.4, 0.5) is 0 Å². The minimum Gasteiger partial charge on any atom is -0.594 e. The Kier molecular flexibility index (Phi) is 5.48. The molecule has 1 aromatic rings. The maximum Gasteiger partial charge on any atom is 0.245 e. The summed E-state index contributed by atoms with van der Waals surface area (Å²) in [4.78, 5) is 4.47. The Labute approximate surface area is 129 Å². The number of benzene rings is 1. The molecule has 0 fully saturated rings. The van der Waals surface area contributed by atoms with Crippen molar-refractivity contribution in [2.45, 2.75) is 13.3 Å². The van der Waals surface area contributed by atoms with Gasteiger partial charge in [-0.05, 0) is 30.0 Å².